The number of nitrogens with one attached hydrogen (secondary N) is 1. The third-order valence-electron chi connectivity index (χ3n) is 3.93. The maximum absolute atomic E-state index is 12.4. The SMILES string of the molecule is COC(=O)c1ccc(NC(=O)C2(C)COCC2N)c(C)c1. The molecule has 1 saturated heterocycles. The number of rotatable bonds is 3. The lowest BCUT2D eigenvalue weighted by Gasteiger charge is -2.25. The van der Waals surface area contributed by atoms with Gasteiger partial charge < -0.3 is 20.5 Å². The Kier molecular flexibility index (Phi) is 4.29. The molecule has 0 aliphatic carbocycles. The first-order valence-electron chi connectivity index (χ1n) is 6.72. The molecule has 0 bridgehead atoms. The first-order valence-corrected chi connectivity index (χ1v) is 6.72. The van der Waals surface area contributed by atoms with Gasteiger partial charge >= 0.3 is 5.97 Å². The van der Waals surface area contributed by atoms with E-state index >= 15 is 0 Å². The summed E-state index contributed by atoms with van der Waals surface area (Å²) in [4.78, 5) is 23.9. The lowest BCUT2D eigenvalue weighted by molar-refractivity contribution is -0.125. The smallest absolute Gasteiger partial charge is 0.337 e. The highest BCUT2D eigenvalue weighted by molar-refractivity contribution is 5.97. The van der Waals surface area contributed by atoms with E-state index in [2.05, 4.69) is 10.1 Å². The van der Waals surface area contributed by atoms with Crippen LogP contribution in [0.4, 0.5) is 5.69 Å². The van der Waals surface area contributed by atoms with E-state index in [4.69, 9.17) is 10.5 Å². The zero-order valence-corrected chi connectivity index (χ0v) is 12.4. The van der Waals surface area contributed by atoms with Crippen molar-refractivity contribution in [1.82, 2.24) is 0 Å². The summed E-state index contributed by atoms with van der Waals surface area (Å²) in [6.07, 6.45) is 0. The Morgan fingerprint density at radius 2 is 2.19 bits per heavy atom. The van der Waals surface area contributed by atoms with Crippen LogP contribution in [-0.2, 0) is 14.3 Å². The number of benzene rings is 1. The lowest BCUT2D eigenvalue weighted by Crippen LogP contribution is -2.47. The summed E-state index contributed by atoms with van der Waals surface area (Å²) in [6, 6.07) is 4.65. The lowest BCUT2D eigenvalue weighted by atomic mass is 9.84. The molecule has 114 valence electrons. The maximum Gasteiger partial charge on any atom is 0.337 e. The number of nitrogens with two attached hydrogens (primary N) is 1. The molecular formula is C15H20N2O4. The number of methoxy groups -OCH3 is 1. The van der Waals surface area contributed by atoms with Gasteiger partial charge in [0, 0.05) is 11.7 Å². The average Bonchev–Trinajstić information content (AvgIpc) is 2.81. The molecule has 1 aromatic carbocycles. The average molecular weight is 292 g/mol. The van der Waals surface area contributed by atoms with E-state index in [1.165, 1.54) is 7.11 Å². The van der Waals surface area contributed by atoms with Gasteiger partial charge in [0.15, 0.2) is 0 Å². The summed E-state index contributed by atoms with van der Waals surface area (Å²) in [5.74, 6) is -0.587. The summed E-state index contributed by atoms with van der Waals surface area (Å²) in [5, 5.41) is 2.86. The third-order valence-corrected chi connectivity index (χ3v) is 3.93. The van der Waals surface area contributed by atoms with Crippen molar-refractivity contribution in [3.8, 4) is 0 Å². The molecule has 0 spiro atoms. The Balaban J connectivity index is 2.17. The molecule has 2 rings (SSSR count). The predicted octanol–water partition coefficient (Wildman–Crippen LogP) is 1.08. The second kappa shape index (κ2) is 5.83. The molecule has 0 radical (unpaired) electrons. The first kappa shape index (κ1) is 15.5. The summed E-state index contributed by atoms with van der Waals surface area (Å²) in [6.45, 7) is 4.29. The largest absolute Gasteiger partial charge is 0.465 e. The second-order valence-corrected chi connectivity index (χ2v) is 5.51. The summed E-state index contributed by atoms with van der Waals surface area (Å²) < 4.78 is 9.94. The molecule has 6 nitrogen and oxygen atoms in total. The van der Waals surface area contributed by atoms with Gasteiger partial charge in [-0.05, 0) is 37.6 Å². The summed E-state index contributed by atoms with van der Waals surface area (Å²) in [7, 11) is 1.33. The Bertz CT molecular complexity index is 573. The van der Waals surface area contributed by atoms with Crippen LogP contribution >= 0.6 is 0 Å². The fourth-order valence-corrected chi connectivity index (χ4v) is 2.24. The van der Waals surface area contributed by atoms with Gasteiger partial charge in [-0.3, -0.25) is 4.79 Å². The Hall–Kier alpha value is -1.92. The molecule has 0 aromatic heterocycles. The van der Waals surface area contributed by atoms with E-state index in [1.54, 1.807) is 25.1 Å². The molecule has 1 aliphatic heterocycles. The molecule has 2 unspecified atom stereocenters. The van der Waals surface area contributed by atoms with Gasteiger partial charge in [0.25, 0.3) is 0 Å². The van der Waals surface area contributed by atoms with Crippen molar-refractivity contribution in [2.24, 2.45) is 11.1 Å². The van der Waals surface area contributed by atoms with Crippen LogP contribution < -0.4 is 11.1 Å². The van der Waals surface area contributed by atoms with Crippen LogP contribution in [0.15, 0.2) is 18.2 Å². The Labute approximate surface area is 123 Å². The molecule has 1 amide bonds. The van der Waals surface area contributed by atoms with Crippen molar-refractivity contribution in [3.05, 3.63) is 29.3 Å². The van der Waals surface area contributed by atoms with Crippen molar-refractivity contribution in [2.45, 2.75) is 19.9 Å². The van der Waals surface area contributed by atoms with Crippen LogP contribution in [0.3, 0.4) is 0 Å². The zero-order valence-electron chi connectivity index (χ0n) is 12.4. The Morgan fingerprint density at radius 3 is 2.71 bits per heavy atom. The van der Waals surface area contributed by atoms with Crippen LogP contribution in [0.25, 0.3) is 0 Å². The highest BCUT2D eigenvalue weighted by Crippen LogP contribution is 2.29. The summed E-state index contributed by atoms with van der Waals surface area (Å²) in [5.41, 5.74) is 7.07. The number of ether oxygens (including phenoxy) is 2. The van der Waals surface area contributed by atoms with Gasteiger partial charge in [0.2, 0.25) is 5.91 Å². The van der Waals surface area contributed by atoms with Crippen molar-refractivity contribution in [1.29, 1.82) is 0 Å². The minimum atomic E-state index is -0.743. The molecule has 0 saturated carbocycles. The number of carbonyl (C=O) groups excluding carboxylic acids is 2. The number of hydrogen-bond acceptors (Lipinski definition) is 5. The number of carbonyl (C=O) groups is 2. The molecule has 3 N–H and O–H groups in total. The van der Waals surface area contributed by atoms with Gasteiger partial charge in [0.05, 0.1) is 31.3 Å². The molecule has 1 aromatic rings. The van der Waals surface area contributed by atoms with E-state index in [-0.39, 0.29) is 11.9 Å². The molecule has 6 heteroatoms. The molecular weight excluding hydrogens is 272 g/mol. The van der Waals surface area contributed by atoms with Crippen LogP contribution in [0.5, 0.6) is 0 Å². The van der Waals surface area contributed by atoms with Crippen LogP contribution in [0, 0.1) is 12.3 Å². The topological polar surface area (TPSA) is 90.6 Å². The maximum atomic E-state index is 12.4. The molecule has 1 heterocycles. The molecule has 1 aliphatic rings. The number of amides is 1. The van der Waals surface area contributed by atoms with E-state index in [0.717, 1.165) is 5.56 Å². The fraction of sp³-hybridized carbons (Fsp3) is 0.467. The highest BCUT2D eigenvalue weighted by Gasteiger charge is 2.44. The van der Waals surface area contributed by atoms with E-state index < -0.39 is 11.4 Å². The van der Waals surface area contributed by atoms with Crippen LogP contribution in [0.2, 0.25) is 0 Å². The quantitative estimate of drug-likeness (QED) is 0.814. The minimum Gasteiger partial charge on any atom is -0.465 e. The van der Waals surface area contributed by atoms with Crippen molar-refractivity contribution >= 4 is 17.6 Å². The van der Waals surface area contributed by atoms with Crippen molar-refractivity contribution in [2.75, 3.05) is 25.6 Å². The van der Waals surface area contributed by atoms with Gasteiger partial charge in [-0.2, -0.15) is 0 Å². The third kappa shape index (κ3) is 2.91. The monoisotopic (exact) mass is 292 g/mol. The van der Waals surface area contributed by atoms with Gasteiger partial charge in [-0.15, -0.1) is 0 Å². The van der Waals surface area contributed by atoms with E-state index in [0.29, 0.717) is 24.5 Å². The van der Waals surface area contributed by atoms with Crippen LogP contribution in [0.1, 0.15) is 22.8 Å². The zero-order chi connectivity index (χ0) is 15.6. The number of aryl methyl sites for hydroxylation is 1. The van der Waals surface area contributed by atoms with E-state index in [9.17, 15) is 9.59 Å². The molecule has 2 atom stereocenters. The van der Waals surface area contributed by atoms with Gasteiger partial charge in [-0.1, -0.05) is 0 Å². The molecule has 1 fully saturated rings. The highest BCUT2D eigenvalue weighted by atomic mass is 16.5. The second-order valence-electron chi connectivity index (χ2n) is 5.51. The Morgan fingerprint density at radius 1 is 1.48 bits per heavy atom. The van der Waals surface area contributed by atoms with Gasteiger partial charge in [-0.25, -0.2) is 4.79 Å². The number of anilines is 1. The number of esters is 1. The first-order chi connectivity index (χ1) is 9.88. The fourth-order valence-electron chi connectivity index (χ4n) is 2.24. The normalized spacial score (nSPS) is 24.7. The minimum absolute atomic E-state index is 0.179. The van der Waals surface area contributed by atoms with Crippen molar-refractivity contribution in [3.63, 3.8) is 0 Å². The molecule has 21 heavy (non-hydrogen) atoms. The standard InChI is InChI=1S/C15H20N2O4/c1-9-6-10(13(18)20-3)4-5-11(9)17-14(19)15(2)8-21-7-12(15)16/h4-6,12H,7-8,16H2,1-3H3,(H,17,19). The van der Waals surface area contributed by atoms with Crippen molar-refractivity contribution < 1.29 is 19.1 Å². The van der Waals surface area contributed by atoms with E-state index in [1.807, 2.05) is 6.92 Å². The van der Waals surface area contributed by atoms with Crippen LogP contribution in [-0.4, -0.2) is 38.2 Å². The predicted molar refractivity (Wildman–Crippen MR) is 78.0 cm³/mol. The summed E-state index contributed by atoms with van der Waals surface area (Å²) >= 11 is 0. The van der Waals surface area contributed by atoms with Gasteiger partial charge in [0.1, 0.15) is 0 Å². The number of hydrogen-bond donors (Lipinski definition) is 2.